The maximum atomic E-state index is 12.5. The van der Waals surface area contributed by atoms with E-state index in [9.17, 15) is 18.0 Å². The van der Waals surface area contributed by atoms with Crippen LogP contribution in [0.15, 0.2) is 46.9 Å². The number of alkyl halides is 3. The zero-order valence-electron chi connectivity index (χ0n) is 13.5. The molecule has 8 heteroatoms. The number of benzene rings is 2. The average Bonchev–Trinajstić information content (AvgIpc) is 2.60. The van der Waals surface area contributed by atoms with Gasteiger partial charge in [-0.15, -0.1) is 0 Å². The van der Waals surface area contributed by atoms with Crippen molar-refractivity contribution in [2.24, 2.45) is 0 Å². The highest BCUT2D eigenvalue weighted by atomic mass is 79.9. The van der Waals surface area contributed by atoms with Gasteiger partial charge in [0.2, 0.25) is 0 Å². The number of halogens is 4. The predicted molar refractivity (Wildman–Crippen MR) is 92.1 cm³/mol. The van der Waals surface area contributed by atoms with E-state index in [0.717, 1.165) is 22.2 Å². The average molecular weight is 430 g/mol. The number of hydrogen-bond acceptors (Lipinski definition) is 3. The summed E-state index contributed by atoms with van der Waals surface area (Å²) in [5.41, 5.74) is 0.104. The molecule has 4 nitrogen and oxygen atoms in total. The van der Waals surface area contributed by atoms with Gasteiger partial charge in [0.1, 0.15) is 11.5 Å². The highest BCUT2D eigenvalue weighted by molar-refractivity contribution is 9.10. The van der Waals surface area contributed by atoms with Crippen LogP contribution >= 0.6 is 15.9 Å². The molecule has 1 amide bonds. The minimum absolute atomic E-state index is 0.197. The molecule has 1 aliphatic rings. The van der Waals surface area contributed by atoms with Crippen LogP contribution in [-0.2, 0) is 11.0 Å². The van der Waals surface area contributed by atoms with Crippen LogP contribution in [0, 0.1) is 0 Å². The van der Waals surface area contributed by atoms with Crippen molar-refractivity contribution in [3.8, 4) is 11.5 Å². The van der Waals surface area contributed by atoms with Crippen molar-refractivity contribution in [2.45, 2.75) is 18.6 Å². The van der Waals surface area contributed by atoms with Crippen LogP contribution in [0.3, 0.4) is 0 Å². The van der Waals surface area contributed by atoms with E-state index in [2.05, 4.69) is 21.2 Å². The van der Waals surface area contributed by atoms with Crippen molar-refractivity contribution >= 4 is 21.8 Å². The fraction of sp³-hybridized carbons (Fsp3) is 0.278. The number of hydrogen-bond donors (Lipinski definition) is 1. The van der Waals surface area contributed by atoms with Crippen LogP contribution in [-0.4, -0.2) is 19.1 Å². The highest BCUT2D eigenvalue weighted by Gasteiger charge is 2.30. The minimum atomic E-state index is -4.40. The summed E-state index contributed by atoms with van der Waals surface area (Å²) >= 11 is 3.39. The molecule has 0 fully saturated rings. The summed E-state index contributed by atoms with van der Waals surface area (Å²) in [5.74, 6) is 0.555. The Hall–Kier alpha value is -2.22. The van der Waals surface area contributed by atoms with Crippen molar-refractivity contribution in [3.05, 3.63) is 58.1 Å². The Balaban J connectivity index is 1.58. The third kappa shape index (κ3) is 4.49. The number of amides is 1. The molecule has 0 aliphatic carbocycles. The SMILES string of the molecule is O=C(COc1ccc(C(F)(F)F)cc1)NC1CCOc2ccc(Br)cc21. The van der Waals surface area contributed by atoms with Crippen molar-refractivity contribution in [3.63, 3.8) is 0 Å². The molecule has 0 spiro atoms. The van der Waals surface area contributed by atoms with Crippen LogP contribution in [0.2, 0.25) is 0 Å². The second kappa shape index (κ2) is 7.57. The first-order chi connectivity index (χ1) is 12.3. The zero-order chi connectivity index (χ0) is 18.7. The van der Waals surface area contributed by atoms with Gasteiger partial charge < -0.3 is 14.8 Å². The third-order valence-electron chi connectivity index (χ3n) is 3.90. The fourth-order valence-corrected chi connectivity index (χ4v) is 3.02. The van der Waals surface area contributed by atoms with Gasteiger partial charge in [-0.3, -0.25) is 4.79 Å². The highest BCUT2D eigenvalue weighted by Crippen LogP contribution is 2.34. The molecule has 0 saturated heterocycles. The van der Waals surface area contributed by atoms with Gasteiger partial charge in [-0.05, 0) is 42.5 Å². The molecule has 1 aliphatic heterocycles. The molecule has 2 aromatic rings. The van der Waals surface area contributed by atoms with E-state index in [1.54, 1.807) is 0 Å². The van der Waals surface area contributed by atoms with Gasteiger partial charge in [0, 0.05) is 16.5 Å². The number of carbonyl (C=O) groups is 1. The van der Waals surface area contributed by atoms with Crippen LogP contribution in [0.1, 0.15) is 23.6 Å². The Morgan fingerprint density at radius 2 is 1.96 bits per heavy atom. The summed E-state index contributed by atoms with van der Waals surface area (Å²) in [6, 6.07) is 9.58. The number of carbonyl (C=O) groups excluding carboxylic acids is 1. The molecular formula is C18H15BrF3NO3. The van der Waals surface area contributed by atoms with Gasteiger partial charge in [-0.25, -0.2) is 0 Å². The minimum Gasteiger partial charge on any atom is -0.493 e. The summed E-state index contributed by atoms with van der Waals surface area (Å²) in [6.07, 6.45) is -3.78. The van der Waals surface area contributed by atoms with Crippen LogP contribution in [0.25, 0.3) is 0 Å². The quantitative estimate of drug-likeness (QED) is 0.778. The second-order valence-electron chi connectivity index (χ2n) is 5.75. The second-order valence-corrected chi connectivity index (χ2v) is 6.67. The van der Waals surface area contributed by atoms with Gasteiger partial charge >= 0.3 is 6.18 Å². The molecule has 3 rings (SSSR count). The Morgan fingerprint density at radius 3 is 2.65 bits per heavy atom. The van der Waals surface area contributed by atoms with E-state index >= 15 is 0 Å². The normalized spacial score (nSPS) is 16.4. The Morgan fingerprint density at radius 1 is 1.23 bits per heavy atom. The topological polar surface area (TPSA) is 47.6 Å². The summed E-state index contributed by atoms with van der Waals surface area (Å²) in [6.45, 7) is 0.200. The largest absolute Gasteiger partial charge is 0.493 e. The monoisotopic (exact) mass is 429 g/mol. The predicted octanol–water partition coefficient (Wildman–Crippen LogP) is 4.49. The van der Waals surface area contributed by atoms with Gasteiger partial charge in [-0.1, -0.05) is 15.9 Å². The smallest absolute Gasteiger partial charge is 0.416 e. The van der Waals surface area contributed by atoms with Crippen molar-refractivity contribution < 1.29 is 27.4 Å². The maximum absolute atomic E-state index is 12.5. The lowest BCUT2D eigenvalue weighted by Gasteiger charge is -2.27. The number of fused-ring (bicyclic) bond motifs is 1. The summed E-state index contributed by atoms with van der Waals surface area (Å²) in [4.78, 5) is 12.1. The van der Waals surface area contributed by atoms with E-state index in [4.69, 9.17) is 9.47 Å². The Kier molecular flexibility index (Phi) is 5.41. The molecule has 1 atom stereocenters. The standard InChI is InChI=1S/C18H15BrF3NO3/c19-12-3-6-16-14(9-12)15(7-8-25-16)23-17(24)10-26-13-4-1-11(2-5-13)18(20,21)22/h1-6,9,15H,7-8,10H2,(H,23,24). The molecular weight excluding hydrogens is 415 g/mol. The summed E-state index contributed by atoms with van der Waals surface area (Å²) in [7, 11) is 0. The molecule has 1 unspecified atom stereocenters. The molecule has 0 aromatic heterocycles. The van der Waals surface area contributed by atoms with E-state index in [-0.39, 0.29) is 24.3 Å². The fourth-order valence-electron chi connectivity index (χ4n) is 2.64. The van der Waals surface area contributed by atoms with E-state index in [1.165, 1.54) is 12.1 Å². The molecule has 1 N–H and O–H groups in total. The maximum Gasteiger partial charge on any atom is 0.416 e. The Labute approximate surface area is 156 Å². The first kappa shape index (κ1) is 18.6. The van der Waals surface area contributed by atoms with Gasteiger partial charge in [-0.2, -0.15) is 13.2 Å². The van der Waals surface area contributed by atoms with E-state index in [1.807, 2.05) is 18.2 Å². The van der Waals surface area contributed by atoms with Crippen molar-refractivity contribution in [1.29, 1.82) is 0 Å². The molecule has 1 heterocycles. The lowest BCUT2D eigenvalue weighted by molar-refractivity contribution is -0.137. The molecule has 0 saturated carbocycles. The third-order valence-corrected chi connectivity index (χ3v) is 4.39. The molecule has 0 bridgehead atoms. The Bertz CT molecular complexity index is 793. The summed E-state index contributed by atoms with van der Waals surface area (Å²) in [5, 5.41) is 2.86. The summed E-state index contributed by atoms with van der Waals surface area (Å²) < 4.78 is 49.3. The van der Waals surface area contributed by atoms with E-state index in [0.29, 0.717) is 18.8 Å². The van der Waals surface area contributed by atoms with Crippen LogP contribution < -0.4 is 14.8 Å². The van der Waals surface area contributed by atoms with Crippen LogP contribution in [0.5, 0.6) is 11.5 Å². The number of rotatable bonds is 4. The number of nitrogens with one attached hydrogen (secondary N) is 1. The van der Waals surface area contributed by atoms with Crippen molar-refractivity contribution in [2.75, 3.05) is 13.2 Å². The van der Waals surface area contributed by atoms with Gasteiger partial charge in [0.25, 0.3) is 5.91 Å². The lowest BCUT2D eigenvalue weighted by atomic mass is 10.0. The molecule has 2 aromatic carbocycles. The van der Waals surface area contributed by atoms with Crippen molar-refractivity contribution in [1.82, 2.24) is 5.32 Å². The first-order valence-corrected chi connectivity index (χ1v) is 8.64. The zero-order valence-corrected chi connectivity index (χ0v) is 15.1. The van der Waals surface area contributed by atoms with Crippen LogP contribution in [0.4, 0.5) is 13.2 Å². The van der Waals surface area contributed by atoms with E-state index < -0.39 is 11.7 Å². The number of ether oxygens (including phenoxy) is 2. The van der Waals surface area contributed by atoms with Gasteiger partial charge in [0.05, 0.1) is 18.2 Å². The lowest BCUT2D eigenvalue weighted by Crippen LogP contribution is -2.35. The molecule has 138 valence electrons. The molecule has 0 radical (unpaired) electrons. The molecule has 26 heavy (non-hydrogen) atoms. The van der Waals surface area contributed by atoms with Gasteiger partial charge in [0.15, 0.2) is 6.61 Å². The first-order valence-electron chi connectivity index (χ1n) is 7.84.